The topological polar surface area (TPSA) is 87.0 Å². The first-order valence-corrected chi connectivity index (χ1v) is 3.64. The van der Waals surface area contributed by atoms with Gasteiger partial charge in [0.25, 0.3) is 0 Å². The van der Waals surface area contributed by atoms with Crippen LogP contribution in [0, 0.1) is 5.41 Å². The van der Waals surface area contributed by atoms with Crippen molar-refractivity contribution in [2.75, 3.05) is 0 Å². The molecule has 72 valence electrons. The van der Waals surface area contributed by atoms with Gasteiger partial charge in [-0.3, -0.25) is 10.1 Å². The Morgan fingerprint density at radius 2 is 2.31 bits per heavy atom. The first-order chi connectivity index (χ1) is 6.00. The Bertz CT molecular complexity index is 280. The van der Waals surface area contributed by atoms with Crippen LogP contribution in [0.4, 0.5) is 0 Å². The summed E-state index contributed by atoms with van der Waals surface area (Å²) >= 11 is 0. The van der Waals surface area contributed by atoms with Crippen LogP contribution in [0.5, 0.6) is 0 Å². The lowest BCUT2D eigenvalue weighted by Gasteiger charge is -2.28. The van der Waals surface area contributed by atoms with Crippen molar-refractivity contribution in [3.63, 3.8) is 0 Å². The van der Waals surface area contributed by atoms with Gasteiger partial charge in [-0.25, -0.2) is 4.89 Å². The molecule has 0 amide bonds. The van der Waals surface area contributed by atoms with Crippen molar-refractivity contribution >= 4 is 5.97 Å². The summed E-state index contributed by atoms with van der Waals surface area (Å²) in [5, 5.41) is 26.3. The van der Waals surface area contributed by atoms with Crippen LogP contribution in [0.2, 0.25) is 0 Å². The molecule has 2 atom stereocenters. The molecule has 0 spiro atoms. The van der Waals surface area contributed by atoms with Crippen LogP contribution in [0.1, 0.15) is 6.92 Å². The van der Waals surface area contributed by atoms with E-state index in [0.29, 0.717) is 0 Å². The van der Waals surface area contributed by atoms with E-state index in [4.69, 9.17) is 15.5 Å². The summed E-state index contributed by atoms with van der Waals surface area (Å²) in [5.74, 6) is -1.26. The average molecular weight is 186 g/mol. The molecule has 1 aliphatic rings. The molecule has 0 bridgehead atoms. The second-order valence-electron chi connectivity index (χ2n) is 3.04. The van der Waals surface area contributed by atoms with E-state index in [0.717, 1.165) is 6.08 Å². The normalized spacial score (nSPS) is 32.8. The van der Waals surface area contributed by atoms with Gasteiger partial charge in [0.2, 0.25) is 0 Å². The first kappa shape index (κ1) is 9.76. The molecule has 0 aliphatic heterocycles. The molecule has 13 heavy (non-hydrogen) atoms. The third kappa shape index (κ3) is 1.56. The number of hydrogen-bond donors (Lipinski definition) is 3. The van der Waals surface area contributed by atoms with Crippen LogP contribution in [-0.4, -0.2) is 27.5 Å². The SMILES string of the molecule is CC1(C(=O)O)C=CC(O)=CC1OO. The van der Waals surface area contributed by atoms with Gasteiger partial charge in [-0.05, 0) is 19.1 Å². The second kappa shape index (κ2) is 3.20. The summed E-state index contributed by atoms with van der Waals surface area (Å²) in [6.07, 6.45) is 2.58. The minimum absolute atomic E-state index is 0.127. The molecule has 0 aromatic carbocycles. The van der Waals surface area contributed by atoms with Gasteiger partial charge in [-0.15, -0.1) is 0 Å². The van der Waals surface area contributed by atoms with Gasteiger partial charge in [0, 0.05) is 0 Å². The highest BCUT2D eigenvalue weighted by Gasteiger charge is 2.41. The summed E-state index contributed by atoms with van der Waals surface area (Å²) in [5.41, 5.74) is -1.35. The lowest BCUT2D eigenvalue weighted by Crippen LogP contribution is -2.40. The van der Waals surface area contributed by atoms with Crippen LogP contribution in [-0.2, 0) is 9.68 Å². The van der Waals surface area contributed by atoms with E-state index in [-0.39, 0.29) is 5.76 Å². The Kier molecular flexibility index (Phi) is 2.40. The van der Waals surface area contributed by atoms with Crippen molar-refractivity contribution in [1.29, 1.82) is 0 Å². The highest BCUT2D eigenvalue weighted by atomic mass is 17.1. The van der Waals surface area contributed by atoms with E-state index in [2.05, 4.69) is 4.89 Å². The third-order valence-electron chi connectivity index (χ3n) is 2.09. The van der Waals surface area contributed by atoms with E-state index in [1.54, 1.807) is 0 Å². The minimum Gasteiger partial charge on any atom is -0.508 e. The summed E-state index contributed by atoms with van der Waals surface area (Å²) in [4.78, 5) is 14.8. The predicted octanol–water partition coefficient (Wildman–Crippen LogP) is 0.947. The molecule has 1 rings (SSSR count). The molecule has 1 aliphatic carbocycles. The van der Waals surface area contributed by atoms with Crippen molar-refractivity contribution in [2.45, 2.75) is 13.0 Å². The van der Waals surface area contributed by atoms with Crippen molar-refractivity contribution in [2.24, 2.45) is 5.41 Å². The largest absolute Gasteiger partial charge is 0.508 e. The molecule has 0 aromatic rings. The van der Waals surface area contributed by atoms with Gasteiger partial charge in [0.1, 0.15) is 17.3 Å². The monoisotopic (exact) mass is 186 g/mol. The molecular formula is C8H10O5. The smallest absolute Gasteiger partial charge is 0.316 e. The number of hydrogen-bond acceptors (Lipinski definition) is 4. The van der Waals surface area contributed by atoms with Crippen LogP contribution >= 0.6 is 0 Å². The number of aliphatic carboxylic acids is 1. The Morgan fingerprint density at radius 3 is 2.77 bits per heavy atom. The number of carboxylic acids is 1. The number of allylic oxidation sites excluding steroid dienone is 1. The van der Waals surface area contributed by atoms with Crippen molar-refractivity contribution in [3.05, 3.63) is 24.0 Å². The number of carboxylic acid groups (broad SMARTS) is 1. The molecule has 5 heteroatoms. The van der Waals surface area contributed by atoms with Crippen LogP contribution in [0.3, 0.4) is 0 Å². The summed E-state index contributed by atoms with van der Waals surface area (Å²) < 4.78 is 0. The number of rotatable bonds is 2. The lowest BCUT2D eigenvalue weighted by molar-refractivity contribution is -0.283. The van der Waals surface area contributed by atoms with Crippen molar-refractivity contribution < 1.29 is 25.2 Å². The van der Waals surface area contributed by atoms with E-state index < -0.39 is 17.5 Å². The molecule has 5 nitrogen and oxygen atoms in total. The van der Waals surface area contributed by atoms with E-state index in [1.165, 1.54) is 19.1 Å². The Balaban J connectivity index is 3.01. The van der Waals surface area contributed by atoms with Crippen molar-refractivity contribution in [3.8, 4) is 0 Å². The minimum atomic E-state index is -1.35. The maximum atomic E-state index is 10.8. The number of aliphatic hydroxyl groups is 1. The Morgan fingerprint density at radius 1 is 1.69 bits per heavy atom. The molecule has 2 unspecified atom stereocenters. The quantitative estimate of drug-likeness (QED) is 0.441. The van der Waals surface area contributed by atoms with E-state index >= 15 is 0 Å². The van der Waals surface area contributed by atoms with Gasteiger partial charge in [-0.2, -0.15) is 0 Å². The third-order valence-corrected chi connectivity index (χ3v) is 2.09. The van der Waals surface area contributed by atoms with Gasteiger partial charge in [-0.1, -0.05) is 6.08 Å². The highest BCUT2D eigenvalue weighted by Crippen LogP contribution is 2.31. The zero-order valence-electron chi connectivity index (χ0n) is 6.97. The van der Waals surface area contributed by atoms with Crippen molar-refractivity contribution in [1.82, 2.24) is 0 Å². The van der Waals surface area contributed by atoms with Gasteiger partial charge >= 0.3 is 5.97 Å². The second-order valence-corrected chi connectivity index (χ2v) is 3.04. The van der Waals surface area contributed by atoms with Gasteiger partial charge in [0.05, 0.1) is 0 Å². The Hall–Kier alpha value is -1.33. The molecule has 0 aromatic heterocycles. The molecule has 0 fully saturated rings. The first-order valence-electron chi connectivity index (χ1n) is 3.64. The number of aliphatic hydroxyl groups excluding tert-OH is 1. The van der Waals surface area contributed by atoms with Crippen LogP contribution in [0.15, 0.2) is 24.0 Å². The molecule has 0 radical (unpaired) electrons. The van der Waals surface area contributed by atoms with Crippen LogP contribution < -0.4 is 0 Å². The fourth-order valence-electron chi connectivity index (χ4n) is 1.07. The maximum absolute atomic E-state index is 10.8. The molecule has 0 saturated carbocycles. The van der Waals surface area contributed by atoms with Gasteiger partial charge in [0.15, 0.2) is 0 Å². The van der Waals surface area contributed by atoms with E-state index in [1.807, 2.05) is 0 Å². The molecule has 3 N–H and O–H groups in total. The fourth-order valence-corrected chi connectivity index (χ4v) is 1.07. The average Bonchev–Trinajstić information content (AvgIpc) is 2.09. The Labute approximate surface area is 74.5 Å². The zero-order chi connectivity index (χ0) is 10.1. The predicted molar refractivity (Wildman–Crippen MR) is 43.1 cm³/mol. The molecular weight excluding hydrogens is 176 g/mol. The summed E-state index contributed by atoms with van der Waals surface area (Å²) in [6, 6.07) is 0. The zero-order valence-corrected chi connectivity index (χ0v) is 6.97. The standard InChI is InChI=1S/C8H10O5/c1-8(7(10)11)3-2-5(9)4-6(8)13-12/h2-4,6,9,12H,1H3,(H,10,11). The van der Waals surface area contributed by atoms with Crippen LogP contribution in [0.25, 0.3) is 0 Å². The number of carbonyl (C=O) groups is 1. The summed E-state index contributed by atoms with van der Waals surface area (Å²) in [6.45, 7) is 1.38. The maximum Gasteiger partial charge on any atom is 0.316 e. The summed E-state index contributed by atoms with van der Waals surface area (Å²) in [7, 11) is 0. The molecule has 0 saturated heterocycles. The molecule has 0 heterocycles. The lowest BCUT2D eigenvalue weighted by atomic mass is 9.81. The highest BCUT2D eigenvalue weighted by molar-refractivity contribution is 5.78. The van der Waals surface area contributed by atoms with Gasteiger partial charge < -0.3 is 10.2 Å². The fraction of sp³-hybridized carbons (Fsp3) is 0.375. The van der Waals surface area contributed by atoms with E-state index in [9.17, 15) is 4.79 Å².